The standard InChI is InChI=1S/C16H13BrFNO2/c17-12-8-13(18)14(19)7-11(12)16(20)10-3-4-15-9(6-10)2-1-5-21-15/h3-4,6-8H,1-2,5,19H2. The van der Waals surface area contributed by atoms with Gasteiger partial charge in [-0.15, -0.1) is 0 Å². The van der Waals surface area contributed by atoms with E-state index < -0.39 is 5.82 Å². The Balaban J connectivity index is 2.01. The summed E-state index contributed by atoms with van der Waals surface area (Å²) < 4.78 is 19.3. The molecule has 2 aromatic carbocycles. The van der Waals surface area contributed by atoms with Gasteiger partial charge in [-0.1, -0.05) is 0 Å². The molecule has 1 aliphatic rings. The molecule has 0 fully saturated rings. The van der Waals surface area contributed by atoms with Gasteiger partial charge < -0.3 is 10.5 Å². The van der Waals surface area contributed by atoms with Gasteiger partial charge in [0.25, 0.3) is 0 Å². The molecule has 3 nitrogen and oxygen atoms in total. The van der Waals surface area contributed by atoms with E-state index in [2.05, 4.69) is 15.9 Å². The van der Waals surface area contributed by atoms with Crippen LogP contribution in [0.15, 0.2) is 34.8 Å². The SMILES string of the molecule is Nc1cc(C(=O)c2ccc3c(c2)CCCO3)c(Br)cc1F. The van der Waals surface area contributed by atoms with Crippen molar-refractivity contribution in [1.82, 2.24) is 0 Å². The van der Waals surface area contributed by atoms with E-state index >= 15 is 0 Å². The molecule has 108 valence electrons. The van der Waals surface area contributed by atoms with Crippen molar-refractivity contribution in [2.45, 2.75) is 12.8 Å². The van der Waals surface area contributed by atoms with Crippen LogP contribution in [0.2, 0.25) is 0 Å². The number of nitrogen functional groups attached to an aromatic ring is 1. The van der Waals surface area contributed by atoms with Crippen molar-refractivity contribution < 1.29 is 13.9 Å². The molecule has 0 unspecified atom stereocenters. The number of fused-ring (bicyclic) bond motifs is 1. The molecule has 3 rings (SSSR count). The number of nitrogens with two attached hydrogens (primary N) is 1. The summed E-state index contributed by atoms with van der Waals surface area (Å²) in [5.74, 6) is 0.0923. The van der Waals surface area contributed by atoms with Crippen molar-refractivity contribution in [3.63, 3.8) is 0 Å². The van der Waals surface area contributed by atoms with Crippen LogP contribution in [0.1, 0.15) is 27.9 Å². The second kappa shape index (κ2) is 5.48. The Morgan fingerprint density at radius 1 is 1.29 bits per heavy atom. The fraction of sp³-hybridized carbons (Fsp3) is 0.188. The lowest BCUT2D eigenvalue weighted by atomic mass is 9.98. The minimum atomic E-state index is -0.544. The van der Waals surface area contributed by atoms with Crippen LogP contribution in [-0.4, -0.2) is 12.4 Å². The quantitative estimate of drug-likeness (QED) is 0.663. The Kier molecular flexibility index (Phi) is 3.68. The lowest BCUT2D eigenvalue weighted by molar-refractivity contribution is 0.103. The molecule has 0 radical (unpaired) electrons. The predicted octanol–water partition coefficient (Wildman–Crippen LogP) is 3.73. The molecule has 0 spiro atoms. The number of carbonyl (C=O) groups excluding carboxylic acids is 1. The van der Waals surface area contributed by atoms with E-state index in [-0.39, 0.29) is 11.5 Å². The van der Waals surface area contributed by atoms with E-state index in [1.807, 2.05) is 12.1 Å². The molecule has 1 aliphatic heterocycles. The largest absolute Gasteiger partial charge is 0.493 e. The molecule has 2 aromatic rings. The van der Waals surface area contributed by atoms with Gasteiger partial charge in [-0.05, 0) is 64.7 Å². The van der Waals surface area contributed by atoms with Crippen LogP contribution in [0.4, 0.5) is 10.1 Å². The van der Waals surface area contributed by atoms with E-state index in [0.29, 0.717) is 22.2 Å². The number of rotatable bonds is 2. The maximum absolute atomic E-state index is 13.4. The first-order valence-electron chi connectivity index (χ1n) is 6.61. The first-order chi connectivity index (χ1) is 10.1. The lowest BCUT2D eigenvalue weighted by Crippen LogP contribution is -2.10. The molecule has 0 aliphatic carbocycles. The zero-order chi connectivity index (χ0) is 15.0. The van der Waals surface area contributed by atoms with Gasteiger partial charge in [0.1, 0.15) is 11.6 Å². The highest BCUT2D eigenvalue weighted by Crippen LogP contribution is 2.29. The summed E-state index contributed by atoms with van der Waals surface area (Å²) in [7, 11) is 0. The molecule has 1 heterocycles. The molecule has 5 heteroatoms. The highest BCUT2D eigenvalue weighted by atomic mass is 79.9. The number of hydrogen-bond acceptors (Lipinski definition) is 3. The predicted molar refractivity (Wildman–Crippen MR) is 82.2 cm³/mol. The van der Waals surface area contributed by atoms with Gasteiger partial charge in [0.05, 0.1) is 12.3 Å². The fourth-order valence-electron chi connectivity index (χ4n) is 2.40. The summed E-state index contributed by atoms with van der Waals surface area (Å²) in [5, 5.41) is 0. The molecule has 0 atom stereocenters. The van der Waals surface area contributed by atoms with Crippen LogP contribution >= 0.6 is 15.9 Å². The van der Waals surface area contributed by atoms with Crippen molar-refractivity contribution in [2.75, 3.05) is 12.3 Å². The number of aryl methyl sites for hydroxylation is 1. The molecular formula is C16H13BrFNO2. The molecule has 0 amide bonds. The van der Waals surface area contributed by atoms with E-state index in [1.54, 1.807) is 6.07 Å². The van der Waals surface area contributed by atoms with Crippen LogP contribution in [0.25, 0.3) is 0 Å². The second-order valence-electron chi connectivity index (χ2n) is 4.96. The first-order valence-corrected chi connectivity index (χ1v) is 7.40. The van der Waals surface area contributed by atoms with Gasteiger partial charge >= 0.3 is 0 Å². The fourth-order valence-corrected chi connectivity index (χ4v) is 2.89. The van der Waals surface area contributed by atoms with Crippen LogP contribution in [0.5, 0.6) is 5.75 Å². The van der Waals surface area contributed by atoms with E-state index in [9.17, 15) is 9.18 Å². The summed E-state index contributed by atoms with van der Waals surface area (Å²) in [5.41, 5.74) is 7.43. The number of anilines is 1. The highest BCUT2D eigenvalue weighted by Gasteiger charge is 2.18. The van der Waals surface area contributed by atoms with Crippen LogP contribution in [0.3, 0.4) is 0 Å². The monoisotopic (exact) mass is 349 g/mol. The van der Waals surface area contributed by atoms with Crippen LogP contribution < -0.4 is 10.5 Å². The summed E-state index contributed by atoms with van der Waals surface area (Å²) in [4.78, 5) is 12.6. The first kappa shape index (κ1) is 14.1. The lowest BCUT2D eigenvalue weighted by Gasteiger charge is -2.17. The summed E-state index contributed by atoms with van der Waals surface area (Å²) in [6.07, 6.45) is 1.83. The Morgan fingerprint density at radius 3 is 2.90 bits per heavy atom. The third kappa shape index (κ3) is 2.65. The minimum Gasteiger partial charge on any atom is -0.493 e. The molecule has 0 bridgehead atoms. The second-order valence-corrected chi connectivity index (χ2v) is 5.81. The van der Waals surface area contributed by atoms with Crippen LogP contribution in [-0.2, 0) is 6.42 Å². The Bertz CT molecular complexity index is 730. The number of carbonyl (C=O) groups is 1. The van der Waals surface area contributed by atoms with Gasteiger partial charge in [-0.25, -0.2) is 4.39 Å². The van der Waals surface area contributed by atoms with Gasteiger partial charge in [0.2, 0.25) is 0 Å². The molecule has 0 saturated carbocycles. The van der Waals surface area contributed by atoms with Gasteiger partial charge in [0, 0.05) is 15.6 Å². The van der Waals surface area contributed by atoms with E-state index in [1.165, 1.54) is 12.1 Å². The number of ether oxygens (including phenoxy) is 1. The summed E-state index contributed by atoms with van der Waals surface area (Å²) >= 11 is 3.21. The van der Waals surface area contributed by atoms with Crippen molar-refractivity contribution in [2.24, 2.45) is 0 Å². The normalized spacial score (nSPS) is 13.4. The number of hydrogen-bond donors (Lipinski definition) is 1. The van der Waals surface area contributed by atoms with Crippen molar-refractivity contribution in [3.05, 3.63) is 57.3 Å². The third-order valence-corrected chi connectivity index (χ3v) is 4.16. The molecule has 0 saturated heterocycles. The van der Waals surface area contributed by atoms with E-state index in [0.717, 1.165) is 24.2 Å². The maximum Gasteiger partial charge on any atom is 0.194 e. The van der Waals surface area contributed by atoms with Gasteiger partial charge in [-0.3, -0.25) is 4.79 Å². The number of benzene rings is 2. The molecule has 21 heavy (non-hydrogen) atoms. The van der Waals surface area contributed by atoms with Gasteiger partial charge in [-0.2, -0.15) is 0 Å². The zero-order valence-electron chi connectivity index (χ0n) is 11.2. The van der Waals surface area contributed by atoms with Crippen molar-refractivity contribution >= 4 is 27.4 Å². The highest BCUT2D eigenvalue weighted by molar-refractivity contribution is 9.10. The molecule has 2 N–H and O–H groups in total. The summed E-state index contributed by atoms with van der Waals surface area (Å²) in [6, 6.07) is 7.94. The van der Waals surface area contributed by atoms with Gasteiger partial charge in [0.15, 0.2) is 5.78 Å². The Hall–Kier alpha value is -1.88. The third-order valence-electron chi connectivity index (χ3n) is 3.50. The number of ketones is 1. The average molecular weight is 350 g/mol. The summed E-state index contributed by atoms with van der Waals surface area (Å²) in [6.45, 7) is 0.709. The Labute approximate surface area is 130 Å². The average Bonchev–Trinajstić information content (AvgIpc) is 2.50. The topological polar surface area (TPSA) is 52.3 Å². The van der Waals surface area contributed by atoms with Crippen LogP contribution in [0, 0.1) is 5.82 Å². The Morgan fingerprint density at radius 2 is 2.10 bits per heavy atom. The smallest absolute Gasteiger partial charge is 0.194 e. The molecule has 0 aromatic heterocycles. The molecular weight excluding hydrogens is 337 g/mol. The zero-order valence-corrected chi connectivity index (χ0v) is 12.7. The van der Waals surface area contributed by atoms with Crippen molar-refractivity contribution in [3.8, 4) is 5.75 Å². The van der Waals surface area contributed by atoms with E-state index in [4.69, 9.17) is 10.5 Å². The number of halogens is 2. The minimum absolute atomic E-state index is 0.0390. The van der Waals surface area contributed by atoms with Crippen molar-refractivity contribution in [1.29, 1.82) is 0 Å². The maximum atomic E-state index is 13.4.